The zero-order chi connectivity index (χ0) is 87.5. The van der Waals surface area contributed by atoms with Crippen molar-refractivity contribution in [3.05, 3.63) is 199 Å². The Morgan fingerprint density at radius 3 is 1.25 bits per heavy atom. The van der Waals surface area contributed by atoms with Crippen LogP contribution in [0.5, 0.6) is 0 Å². The van der Waals surface area contributed by atoms with Crippen molar-refractivity contribution in [2.24, 2.45) is 35.2 Å². The molecule has 0 aliphatic rings. The molecule has 2 N–H and O–H groups in total. The Labute approximate surface area is 696 Å². The van der Waals surface area contributed by atoms with E-state index in [1.165, 1.54) is 99.1 Å². The van der Waals surface area contributed by atoms with Crippen LogP contribution in [-0.2, 0) is 35.2 Å². The number of rotatable bonds is 12. The fourth-order valence-electron chi connectivity index (χ4n) is 12.4. The Hall–Kier alpha value is -8.56. The monoisotopic (exact) mass is 1630 g/mol. The van der Waals surface area contributed by atoms with E-state index in [9.17, 15) is 4.79 Å². The summed E-state index contributed by atoms with van der Waals surface area (Å²) in [6.07, 6.45) is 13.1. The SMILES string of the molecule is CC(C)c1ccnn1C.CC(C)c1cnnn1C.CC(C)c1n[nH]c(=O)[nH]1.Cc1cnn(C)c1C(C)C.Cc1nc(C)c(C(C)C)s1.Cc1nn(C)c(C)c1C(C)C.Cc1nn(C)cc1C(C)C.Cc1noc(C)c1C(C)C.Cc1nocc1C(C)C.Cc1nscc1C(C)C.Cc1oncc1C(C)C.Cc1sncc1C(C)C. The standard InChI is InChI=1S/C9H16N2.2C8H14N2.C8H13NO.C8H13NS.C7H12N2.2C7H11NO.2C7H11NS.C6H11N3.C5H9N3O/c1-6(2)9-7(3)10-11(5)8(9)4;1-6(2)8-5-10(4)9-7(8)3;1-6(2)8-7(3)5-9-10(8)4;1-5(2)8-6(3)9-10-7(8)4;1-5(2)8-6(3)9-7(4)10-8;1-6(2)7-4-5-8-9(7)3;1-5(2)7-4-9-8-6(7)3;1-5(2)7-4-8-9-6(7)3;1-5(2)7-4-9-8-6(7)3;1-5(2)7-4-8-9-6(7)3;1-5(2)6-4-7-8-9(6)3;1-3(2)4-6-5(9)8-7-4/h6H,1-5H3;2*5-6H,1-4H3;2*5H,1-4H3;4-6H,1-3H3;5*4-5H,1-3H3;3H,1-2H3,(H2,6,7,8,9). The van der Waals surface area contributed by atoms with E-state index in [0.717, 1.165) is 28.6 Å². The van der Waals surface area contributed by atoms with Gasteiger partial charge in [-0.3, -0.25) is 28.4 Å². The van der Waals surface area contributed by atoms with Gasteiger partial charge < -0.3 is 13.6 Å². The second-order valence-electron chi connectivity index (χ2n) is 32.3. The minimum Gasteiger partial charge on any atom is -0.364 e. The molecule has 0 fully saturated rings. The third-order valence-electron chi connectivity index (χ3n) is 18.2. The van der Waals surface area contributed by atoms with Crippen molar-refractivity contribution in [2.45, 2.75) is 320 Å². The van der Waals surface area contributed by atoms with Crippen LogP contribution in [0.2, 0.25) is 0 Å². The number of aromatic amines is 2. The van der Waals surface area contributed by atoms with Crippen molar-refractivity contribution < 1.29 is 13.6 Å². The highest BCUT2D eigenvalue weighted by Crippen LogP contribution is 2.28. The molecule has 0 radical (unpaired) electrons. The highest BCUT2D eigenvalue weighted by molar-refractivity contribution is 7.11. The van der Waals surface area contributed by atoms with Gasteiger partial charge >= 0.3 is 5.69 Å². The van der Waals surface area contributed by atoms with E-state index in [0.29, 0.717) is 70.9 Å². The predicted octanol–water partition coefficient (Wildman–Crippen LogP) is 23.2. The molecule has 0 aromatic carbocycles. The number of nitrogens with zero attached hydrogens (tertiary/aromatic N) is 18. The first-order valence-electron chi connectivity index (χ1n) is 40.0. The molecule has 12 aromatic heterocycles. The van der Waals surface area contributed by atoms with Gasteiger partial charge in [0.1, 0.15) is 23.6 Å². The molecule has 12 rings (SSSR count). The summed E-state index contributed by atoms with van der Waals surface area (Å²) >= 11 is 4.94. The van der Waals surface area contributed by atoms with E-state index >= 15 is 0 Å². The van der Waals surface area contributed by atoms with E-state index < -0.39 is 0 Å². The summed E-state index contributed by atoms with van der Waals surface area (Å²) < 4.78 is 32.4. The summed E-state index contributed by atoms with van der Waals surface area (Å²) in [5.74, 6) is 9.19. The minimum absolute atomic E-state index is 0.237. The number of nitrogens with one attached hydrogen (secondary N) is 2. The molecule has 12 aromatic rings. The molecule has 0 saturated carbocycles. The van der Waals surface area contributed by atoms with Crippen LogP contribution in [0.4, 0.5) is 0 Å². The van der Waals surface area contributed by atoms with Crippen LogP contribution in [0.25, 0.3) is 0 Å². The lowest BCUT2D eigenvalue weighted by atomic mass is 10.0. The van der Waals surface area contributed by atoms with E-state index in [-0.39, 0.29) is 11.6 Å². The number of H-pyrrole nitrogens is 2. The summed E-state index contributed by atoms with van der Waals surface area (Å²) in [5.41, 5.74) is 22.1. The molecule has 27 heteroatoms. The van der Waals surface area contributed by atoms with Gasteiger partial charge in [0.25, 0.3) is 0 Å². The summed E-state index contributed by atoms with van der Waals surface area (Å²) in [5, 5.41) is 45.0. The highest BCUT2D eigenvalue weighted by Gasteiger charge is 2.15. The Balaban J connectivity index is 0.000000622. The lowest BCUT2D eigenvalue weighted by Gasteiger charge is -2.05. The van der Waals surface area contributed by atoms with Crippen LogP contribution in [0, 0.1) is 83.1 Å². The van der Waals surface area contributed by atoms with E-state index in [1.807, 2.05) is 132 Å². The Morgan fingerprint density at radius 1 is 0.465 bits per heavy atom. The van der Waals surface area contributed by atoms with Crippen LogP contribution >= 0.6 is 34.4 Å². The molecule has 0 amide bonds. The van der Waals surface area contributed by atoms with Crippen LogP contribution in [0.15, 0.2) is 73.3 Å². The van der Waals surface area contributed by atoms with Gasteiger partial charge in [0, 0.05) is 109 Å². The fraction of sp³-hybridized carbons (Fsp3) is 0.609. The van der Waals surface area contributed by atoms with Crippen molar-refractivity contribution in [3.63, 3.8) is 0 Å². The second-order valence-corrected chi connectivity index (χ2v) is 35.1. The summed E-state index contributed by atoms with van der Waals surface area (Å²) in [4.78, 5) is 20.1. The van der Waals surface area contributed by atoms with Gasteiger partial charge in [0.2, 0.25) is 0 Å². The van der Waals surface area contributed by atoms with Gasteiger partial charge in [-0.2, -0.15) is 29.9 Å². The maximum Gasteiger partial charge on any atom is 0.340 e. The van der Waals surface area contributed by atoms with Crippen molar-refractivity contribution >= 4 is 34.4 Å². The largest absolute Gasteiger partial charge is 0.364 e. The lowest BCUT2D eigenvalue weighted by Crippen LogP contribution is -2.01. The minimum atomic E-state index is -0.237. The van der Waals surface area contributed by atoms with Crippen molar-refractivity contribution in [2.75, 3.05) is 0 Å². The van der Waals surface area contributed by atoms with Crippen LogP contribution in [0.1, 0.15) is 371 Å². The summed E-state index contributed by atoms with van der Waals surface area (Å²) in [7, 11) is 9.81. The molecule has 114 heavy (non-hydrogen) atoms. The van der Waals surface area contributed by atoms with Gasteiger partial charge in [-0.05, 0) is 205 Å². The van der Waals surface area contributed by atoms with Crippen LogP contribution in [0.3, 0.4) is 0 Å². The Kier molecular flexibility index (Phi) is 46.6. The molecule has 0 aliphatic carbocycles. The average molecular weight is 1630 g/mol. The molecular formula is C87H146N20O4S3. The molecule has 636 valence electrons. The van der Waals surface area contributed by atoms with Crippen molar-refractivity contribution in [1.82, 2.24) is 98.5 Å². The lowest BCUT2D eigenvalue weighted by molar-refractivity contribution is 0.392. The van der Waals surface area contributed by atoms with Gasteiger partial charge in [0.05, 0.1) is 63.5 Å². The van der Waals surface area contributed by atoms with E-state index in [1.54, 1.807) is 46.4 Å². The molecule has 0 saturated heterocycles. The number of aryl methyl sites for hydroxylation is 16. The fourth-order valence-corrected chi connectivity index (χ4v) is 14.9. The number of hydrogen-bond donors (Lipinski definition) is 2. The first kappa shape index (κ1) is 103. The maximum absolute atomic E-state index is 10.4. The average Bonchev–Trinajstić information content (AvgIpc) is 1.61. The molecule has 0 bridgehead atoms. The van der Waals surface area contributed by atoms with E-state index in [2.05, 4.69) is 294 Å². The molecule has 0 aliphatic heterocycles. The van der Waals surface area contributed by atoms with Gasteiger partial charge in [-0.25, -0.2) is 19.3 Å². The number of thiazole rings is 1. The topological polar surface area (TPSA) is 280 Å². The van der Waals surface area contributed by atoms with Crippen molar-refractivity contribution in [3.8, 4) is 0 Å². The van der Waals surface area contributed by atoms with Gasteiger partial charge in [-0.1, -0.05) is 187 Å². The number of hydrogen-bond acceptors (Lipinski definition) is 20. The summed E-state index contributed by atoms with van der Waals surface area (Å²) in [6.45, 7) is 76.1. The van der Waals surface area contributed by atoms with Crippen LogP contribution < -0.4 is 5.69 Å². The van der Waals surface area contributed by atoms with Gasteiger partial charge in [0.15, 0.2) is 0 Å². The smallest absolute Gasteiger partial charge is 0.340 e. The van der Waals surface area contributed by atoms with Crippen molar-refractivity contribution in [1.29, 1.82) is 0 Å². The molecule has 0 atom stereocenters. The summed E-state index contributed by atoms with van der Waals surface area (Å²) in [6, 6.07) is 2.05. The third kappa shape index (κ3) is 35.7. The first-order valence-corrected chi connectivity index (χ1v) is 42.4. The quantitative estimate of drug-likeness (QED) is 0.115. The Bertz CT molecular complexity index is 4120. The molecule has 12 heterocycles. The second kappa shape index (κ2) is 51.4. The van der Waals surface area contributed by atoms with E-state index in [4.69, 9.17) is 13.6 Å². The molecule has 0 unspecified atom stereocenters. The van der Waals surface area contributed by atoms with Crippen LogP contribution in [-0.4, -0.2) is 98.5 Å². The molecule has 24 nitrogen and oxygen atoms in total. The normalized spacial score (nSPS) is 10.8. The maximum atomic E-state index is 10.4. The zero-order valence-corrected chi connectivity index (χ0v) is 80.0. The third-order valence-corrected chi connectivity index (χ3v) is 21.0. The van der Waals surface area contributed by atoms with Gasteiger partial charge in [-0.15, -0.1) is 16.4 Å². The predicted molar refractivity (Wildman–Crippen MR) is 475 cm³/mol. The zero-order valence-electron chi connectivity index (χ0n) is 77.5. The molecular weight excluding hydrogens is 1490 g/mol. The molecule has 0 spiro atoms. The Morgan fingerprint density at radius 2 is 1.04 bits per heavy atom. The number of aromatic nitrogens is 20. The highest BCUT2D eigenvalue weighted by atomic mass is 32.1. The first-order chi connectivity index (χ1) is 53.0.